The first-order valence-electron chi connectivity index (χ1n) is 10.3. The highest BCUT2D eigenvalue weighted by Crippen LogP contribution is 2.42. The summed E-state index contributed by atoms with van der Waals surface area (Å²) in [5.74, 6) is -2.96. The van der Waals surface area contributed by atoms with Gasteiger partial charge in [-0.2, -0.15) is 0 Å². The van der Waals surface area contributed by atoms with Crippen LogP contribution in [0.4, 0.5) is 18.9 Å². The van der Waals surface area contributed by atoms with E-state index in [0.29, 0.717) is 16.5 Å². The number of hydrogen-bond acceptors (Lipinski definition) is 6. The number of benzene rings is 2. The van der Waals surface area contributed by atoms with E-state index in [2.05, 4.69) is 9.72 Å². The molecule has 0 radical (unpaired) electrons. The number of aliphatic hydroxyl groups excluding tert-OH is 1. The van der Waals surface area contributed by atoms with Gasteiger partial charge in [0.2, 0.25) is 5.78 Å². The third-order valence-corrected chi connectivity index (χ3v) is 5.45. The van der Waals surface area contributed by atoms with Crippen molar-refractivity contribution in [2.45, 2.75) is 12.4 Å². The number of hydrogen-bond donors (Lipinski definition) is 1. The van der Waals surface area contributed by atoms with E-state index in [1.165, 1.54) is 30.6 Å². The zero-order chi connectivity index (χ0) is 24.7. The average Bonchev–Trinajstić information content (AvgIpc) is 3.38. The van der Waals surface area contributed by atoms with E-state index in [9.17, 15) is 27.9 Å². The summed E-state index contributed by atoms with van der Waals surface area (Å²) in [6.07, 6.45) is -1.95. The van der Waals surface area contributed by atoms with Crippen molar-refractivity contribution in [1.29, 1.82) is 0 Å². The molecule has 0 saturated heterocycles. The first-order valence-corrected chi connectivity index (χ1v) is 10.3. The molecule has 3 heterocycles. The minimum atomic E-state index is -4.88. The second kappa shape index (κ2) is 8.32. The number of amides is 1. The van der Waals surface area contributed by atoms with Crippen molar-refractivity contribution < 1.29 is 37.0 Å². The fraction of sp³-hybridized carbons (Fsp3) is 0.0800. The summed E-state index contributed by atoms with van der Waals surface area (Å²) in [4.78, 5) is 31.8. The molecule has 4 aromatic rings. The number of carbonyl (C=O) groups is 2. The number of pyridine rings is 1. The third kappa shape index (κ3) is 4.10. The van der Waals surface area contributed by atoms with Gasteiger partial charge in [0.1, 0.15) is 11.3 Å². The SMILES string of the molecule is O=C(C1=C(O)C(=O)N(c2ccc(OC(F)(F)F)cc2)C1c1cccnc1)c1cc2ccccc2o1. The summed E-state index contributed by atoms with van der Waals surface area (Å²) in [6.45, 7) is 0. The quantitative estimate of drug-likeness (QED) is 0.379. The Morgan fingerprint density at radius 2 is 1.80 bits per heavy atom. The lowest BCUT2D eigenvalue weighted by Gasteiger charge is -2.26. The lowest BCUT2D eigenvalue weighted by molar-refractivity contribution is -0.274. The molecule has 0 bridgehead atoms. The predicted molar refractivity (Wildman–Crippen MR) is 118 cm³/mol. The summed E-state index contributed by atoms with van der Waals surface area (Å²) in [5, 5.41) is 11.4. The molecular weight excluding hydrogens is 465 g/mol. The molecule has 176 valence electrons. The molecule has 1 aliphatic rings. The minimum absolute atomic E-state index is 0.0785. The molecule has 2 aromatic carbocycles. The Morgan fingerprint density at radius 1 is 1.06 bits per heavy atom. The molecule has 0 fully saturated rings. The molecule has 1 unspecified atom stereocenters. The van der Waals surface area contributed by atoms with Crippen molar-refractivity contribution in [3.05, 3.63) is 102 Å². The summed E-state index contributed by atoms with van der Waals surface area (Å²) >= 11 is 0. The number of anilines is 1. The molecule has 1 N–H and O–H groups in total. The second-order valence-corrected chi connectivity index (χ2v) is 7.65. The van der Waals surface area contributed by atoms with E-state index >= 15 is 0 Å². The molecule has 0 aliphatic carbocycles. The van der Waals surface area contributed by atoms with Crippen LogP contribution in [0.1, 0.15) is 22.2 Å². The van der Waals surface area contributed by atoms with Crippen molar-refractivity contribution in [3.63, 3.8) is 0 Å². The van der Waals surface area contributed by atoms with E-state index in [1.54, 1.807) is 36.4 Å². The van der Waals surface area contributed by atoms with Crippen LogP contribution in [0.3, 0.4) is 0 Å². The highest BCUT2D eigenvalue weighted by molar-refractivity contribution is 6.20. The summed E-state index contributed by atoms with van der Waals surface area (Å²) in [5.41, 5.74) is 0.755. The number of halogens is 3. The number of ether oxygens (including phenoxy) is 1. The van der Waals surface area contributed by atoms with Crippen LogP contribution in [0.5, 0.6) is 5.75 Å². The van der Waals surface area contributed by atoms with Crippen LogP contribution in [-0.2, 0) is 4.79 Å². The van der Waals surface area contributed by atoms with E-state index < -0.39 is 35.6 Å². The van der Waals surface area contributed by atoms with Gasteiger partial charge in [0.25, 0.3) is 5.91 Å². The van der Waals surface area contributed by atoms with Gasteiger partial charge in [-0.25, -0.2) is 0 Å². The number of Topliss-reactive ketones (excluding diaryl/α,β-unsaturated/α-hetero) is 1. The van der Waals surface area contributed by atoms with Crippen LogP contribution < -0.4 is 9.64 Å². The Labute approximate surface area is 195 Å². The number of aromatic nitrogens is 1. The average molecular weight is 480 g/mol. The summed E-state index contributed by atoms with van der Waals surface area (Å²) < 4.78 is 47.1. The maximum atomic E-state index is 13.5. The van der Waals surface area contributed by atoms with Crippen LogP contribution in [0.2, 0.25) is 0 Å². The number of furan rings is 1. The first kappa shape index (κ1) is 22.2. The van der Waals surface area contributed by atoms with Crippen molar-refractivity contribution in [2.24, 2.45) is 0 Å². The Bertz CT molecular complexity index is 1430. The van der Waals surface area contributed by atoms with Crippen LogP contribution in [0, 0.1) is 0 Å². The van der Waals surface area contributed by atoms with Gasteiger partial charge >= 0.3 is 6.36 Å². The fourth-order valence-electron chi connectivity index (χ4n) is 3.99. The molecule has 1 aliphatic heterocycles. The van der Waals surface area contributed by atoms with Gasteiger partial charge in [0.05, 0.1) is 11.6 Å². The van der Waals surface area contributed by atoms with Gasteiger partial charge in [-0.1, -0.05) is 24.3 Å². The topological polar surface area (TPSA) is 92.9 Å². The van der Waals surface area contributed by atoms with Gasteiger partial charge in [-0.05, 0) is 48.0 Å². The summed E-state index contributed by atoms with van der Waals surface area (Å²) in [6, 6.07) is 15.1. The number of alkyl halides is 3. The van der Waals surface area contributed by atoms with E-state index in [1.807, 2.05) is 0 Å². The molecule has 10 heteroatoms. The highest BCUT2D eigenvalue weighted by Gasteiger charge is 2.45. The number of fused-ring (bicyclic) bond motifs is 1. The normalized spacial score (nSPS) is 16.3. The number of carbonyl (C=O) groups excluding carboxylic acids is 2. The zero-order valence-electron chi connectivity index (χ0n) is 17.7. The van der Waals surface area contributed by atoms with E-state index in [0.717, 1.165) is 17.0 Å². The highest BCUT2D eigenvalue weighted by atomic mass is 19.4. The fourth-order valence-corrected chi connectivity index (χ4v) is 3.99. The molecule has 0 saturated carbocycles. The Morgan fingerprint density at radius 3 is 2.46 bits per heavy atom. The van der Waals surface area contributed by atoms with Crippen LogP contribution in [-0.4, -0.2) is 28.1 Å². The van der Waals surface area contributed by atoms with Gasteiger partial charge in [0, 0.05) is 23.5 Å². The van der Waals surface area contributed by atoms with Crippen molar-refractivity contribution in [3.8, 4) is 5.75 Å². The molecule has 5 rings (SSSR count). The monoisotopic (exact) mass is 480 g/mol. The molecule has 35 heavy (non-hydrogen) atoms. The second-order valence-electron chi connectivity index (χ2n) is 7.65. The molecular formula is C25H15F3N2O5. The number of aliphatic hydroxyl groups is 1. The number of ketones is 1. The van der Waals surface area contributed by atoms with Gasteiger partial charge in [-0.15, -0.1) is 13.2 Å². The Balaban J connectivity index is 1.58. The lowest BCUT2D eigenvalue weighted by atomic mass is 9.96. The van der Waals surface area contributed by atoms with Gasteiger partial charge in [-0.3, -0.25) is 19.5 Å². The predicted octanol–water partition coefficient (Wildman–Crippen LogP) is 5.51. The largest absolute Gasteiger partial charge is 0.573 e. The van der Waals surface area contributed by atoms with Gasteiger partial charge < -0.3 is 14.3 Å². The van der Waals surface area contributed by atoms with Crippen molar-refractivity contribution in [1.82, 2.24) is 4.98 Å². The first-order chi connectivity index (χ1) is 16.7. The molecule has 1 amide bonds. The van der Waals surface area contributed by atoms with Crippen molar-refractivity contribution >= 4 is 28.3 Å². The number of para-hydroxylation sites is 1. The molecule has 0 spiro atoms. The molecule has 1 atom stereocenters. The van der Waals surface area contributed by atoms with Crippen molar-refractivity contribution in [2.75, 3.05) is 4.90 Å². The molecule has 7 nitrogen and oxygen atoms in total. The maximum Gasteiger partial charge on any atom is 0.573 e. The smallest absolute Gasteiger partial charge is 0.503 e. The summed E-state index contributed by atoms with van der Waals surface area (Å²) in [7, 11) is 0. The van der Waals surface area contributed by atoms with Crippen LogP contribution in [0.15, 0.2) is 94.9 Å². The minimum Gasteiger partial charge on any atom is -0.503 e. The Kier molecular flexibility index (Phi) is 5.28. The standard InChI is InChI=1S/C25H15F3N2O5/c26-25(27,28)35-17-9-7-16(8-10-17)30-21(15-5-3-11-29-13-15)20(23(32)24(30)33)22(31)19-12-14-4-1-2-6-18(14)34-19/h1-13,21,32H. The maximum absolute atomic E-state index is 13.5. The number of nitrogens with zero attached hydrogens (tertiary/aromatic N) is 2. The van der Waals surface area contributed by atoms with Crippen LogP contribution in [0.25, 0.3) is 11.0 Å². The van der Waals surface area contributed by atoms with E-state index in [-0.39, 0.29) is 17.0 Å². The molecule has 2 aromatic heterocycles. The lowest BCUT2D eigenvalue weighted by Crippen LogP contribution is -2.31. The number of rotatable bonds is 5. The van der Waals surface area contributed by atoms with E-state index in [4.69, 9.17) is 4.42 Å². The zero-order valence-corrected chi connectivity index (χ0v) is 17.7. The van der Waals surface area contributed by atoms with Crippen LogP contribution >= 0.6 is 0 Å². The third-order valence-electron chi connectivity index (χ3n) is 5.45. The van der Waals surface area contributed by atoms with Gasteiger partial charge in [0.15, 0.2) is 11.5 Å². The Hall–Kier alpha value is -4.60.